The van der Waals surface area contributed by atoms with Gasteiger partial charge in [-0.25, -0.2) is 0 Å². The molecular formula is C20H18N2O4S. The Bertz CT molecular complexity index is 1080. The summed E-state index contributed by atoms with van der Waals surface area (Å²) in [5.74, 6) is 1.03. The van der Waals surface area contributed by atoms with Crippen LogP contribution in [0.25, 0.3) is 11.1 Å². The van der Waals surface area contributed by atoms with Gasteiger partial charge in [-0.1, -0.05) is 18.2 Å². The van der Waals surface area contributed by atoms with Crippen LogP contribution in [-0.2, 0) is 10.1 Å². The number of para-hydroxylation sites is 1. The molecule has 2 aromatic rings. The number of benzene rings is 2. The summed E-state index contributed by atoms with van der Waals surface area (Å²) < 4.78 is 38.2. The maximum Gasteiger partial charge on any atom is 0.266 e. The third-order valence-electron chi connectivity index (χ3n) is 4.90. The number of hydrogen-bond donors (Lipinski definition) is 2. The summed E-state index contributed by atoms with van der Waals surface area (Å²) in [6.45, 7) is 0.567. The van der Waals surface area contributed by atoms with Crippen molar-refractivity contribution in [2.24, 2.45) is 0 Å². The second-order valence-corrected chi connectivity index (χ2v) is 8.23. The van der Waals surface area contributed by atoms with Gasteiger partial charge in [-0.3, -0.25) is 4.55 Å². The van der Waals surface area contributed by atoms with Gasteiger partial charge in [0.15, 0.2) is 0 Å². The van der Waals surface area contributed by atoms with E-state index in [2.05, 4.69) is 11.4 Å². The van der Waals surface area contributed by atoms with Gasteiger partial charge in [0.25, 0.3) is 10.1 Å². The second-order valence-electron chi connectivity index (χ2n) is 6.73. The summed E-state index contributed by atoms with van der Waals surface area (Å²) in [5.41, 5.74) is 4.33. The van der Waals surface area contributed by atoms with Gasteiger partial charge in [0, 0.05) is 17.2 Å². The van der Waals surface area contributed by atoms with Crippen LogP contribution in [0.4, 0.5) is 0 Å². The van der Waals surface area contributed by atoms with Gasteiger partial charge in [0.1, 0.15) is 11.5 Å². The Hall–Kier alpha value is -2.66. The van der Waals surface area contributed by atoms with Crippen molar-refractivity contribution < 1.29 is 17.7 Å². The van der Waals surface area contributed by atoms with Crippen molar-refractivity contribution in [3.05, 3.63) is 59.2 Å². The van der Waals surface area contributed by atoms with Gasteiger partial charge in [-0.15, -0.1) is 0 Å². The molecule has 0 amide bonds. The minimum Gasteiger partial charge on any atom is -0.456 e. The zero-order valence-corrected chi connectivity index (χ0v) is 15.3. The first-order valence-corrected chi connectivity index (χ1v) is 10.3. The number of nitrogens with one attached hydrogen (secondary N) is 1. The van der Waals surface area contributed by atoms with Gasteiger partial charge in [-0.05, 0) is 54.8 Å². The van der Waals surface area contributed by atoms with E-state index < -0.39 is 16.2 Å². The first-order chi connectivity index (χ1) is 12.9. The third-order valence-corrected chi connectivity index (χ3v) is 5.72. The van der Waals surface area contributed by atoms with Gasteiger partial charge in [0.2, 0.25) is 0 Å². The fourth-order valence-electron chi connectivity index (χ4n) is 3.78. The predicted octanol–water partition coefficient (Wildman–Crippen LogP) is 3.21. The molecule has 2 aromatic carbocycles. The molecule has 6 nitrogen and oxygen atoms in total. The van der Waals surface area contributed by atoms with Crippen molar-refractivity contribution in [1.82, 2.24) is 5.32 Å². The van der Waals surface area contributed by atoms with E-state index in [1.165, 1.54) is 0 Å². The SMILES string of the molecule is N#Cc1ccc2c(c1)C1=C(CC(CS(=O)(=O)O)NCC1)c1ccccc1O2. The monoisotopic (exact) mass is 382 g/mol. The molecule has 1 atom stereocenters. The number of rotatable bonds is 2. The molecule has 7 heteroatoms. The Morgan fingerprint density at radius 3 is 2.70 bits per heavy atom. The lowest BCUT2D eigenvalue weighted by molar-refractivity contribution is 0.465. The van der Waals surface area contributed by atoms with Crippen LogP contribution in [0.2, 0.25) is 0 Å². The fourth-order valence-corrected chi connectivity index (χ4v) is 4.53. The molecule has 0 aromatic heterocycles. The van der Waals surface area contributed by atoms with Crippen molar-refractivity contribution >= 4 is 21.3 Å². The van der Waals surface area contributed by atoms with E-state index in [4.69, 9.17) is 4.74 Å². The number of nitrogens with zero attached hydrogens (tertiary/aromatic N) is 1. The van der Waals surface area contributed by atoms with Crippen molar-refractivity contribution in [2.75, 3.05) is 12.3 Å². The lowest BCUT2D eigenvalue weighted by Crippen LogP contribution is -2.35. The van der Waals surface area contributed by atoms with E-state index in [0.717, 1.165) is 22.3 Å². The summed E-state index contributed by atoms with van der Waals surface area (Å²) >= 11 is 0. The minimum absolute atomic E-state index is 0.349. The zero-order valence-electron chi connectivity index (χ0n) is 14.5. The summed E-state index contributed by atoms with van der Waals surface area (Å²) in [7, 11) is -4.09. The molecule has 27 heavy (non-hydrogen) atoms. The number of fused-ring (bicyclic) bond motifs is 4. The topological polar surface area (TPSA) is 99.4 Å². The lowest BCUT2D eigenvalue weighted by atomic mass is 9.89. The largest absolute Gasteiger partial charge is 0.456 e. The van der Waals surface area contributed by atoms with Gasteiger partial charge in [0.05, 0.1) is 17.4 Å². The average Bonchev–Trinajstić information content (AvgIpc) is 2.89. The van der Waals surface area contributed by atoms with Crippen molar-refractivity contribution in [2.45, 2.75) is 18.9 Å². The molecule has 0 saturated heterocycles. The fraction of sp³-hybridized carbons (Fsp3) is 0.250. The summed E-state index contributed by atoms with van der Waals surface area (Å²) in [5, 5.41) is 12.5. The summed E-state index contributed by atoms with van der Waals surface area (Å²) in [4.78, 5) is 0. The normalized spacial score (nSPS) is 18.9. The number of nitriles is 1. The van der Waals surface area contributed by atoms with Crippen molar-refractivity contribution in [3.8, 4) is 17.6 Å². The predicted molar refractivity (Wildman–Crippen MR) is 102 cm³/mol. The van der Waals surface area contributed by atoms with E-state index >= 15 is 0 Å². The summed E-state index contributed by atoms with van der Waals surface area (Å²) in [6.07, 6.45) is 1.10. The molecular weight excluding hydrogens is 364 g/mol. The van der Waals surface area contributed by atoms with Gasteiger partial charge in [-0.2, -0.15) is 13.7 Å². The molecule has 2 N–H and O–H groups in total. The number of ether oxygens (including phenoxy) is 1. The van der Waals surface area contributed by atoms with Crippen LogP contribution in [0.1, 0.15) is 29.5 Å². The highest BCUT2D eigenvalue weighted by Crippen LogP contribution is 2.46. The molecule has 0 bridgehead atoms. The molecule has 2 aliphatic heterocycles. The van der Waals surface area contributed by atoms with E-state index in [9.17, 15) is 18.2 Å². The highest BCUT2D eigenvalue weighted by molar-refractivity contribution is 7.85. The first-order valence-electron chi connectivity index (χ1n) is 8.67. The first kappa shape index (κ1) is 17.7. The molecule has 4 rings (SSSR count). The van der Waals surface area contributed by atoms with Gasteiger partial charge >= 0.3 is 0 Å². The Morgan fingerprint density at radius 1 is 1.15 bits per heavy atom. The molecule has 0 spiro atoms. The maximum atomic E-state index is 11.4. The van der Waals surface area contributed by atoms with Crippen LogP contribution in [-0.4, -0.2) is 31.3 Å². The van der Waals surface area contributed by atoms with Crippen LogP contribution >= 0.6 is 0 Å². The smallest absolute Gasteiger partial charge is 0.266 e. The molecule has 138 valence electrons. The Morgan fingerprint density at radius 2 is 1.93 bits per heavy atom. The Labute approximate surface area is 157 Å². The zero-order chi connectivity index (χ0) is 19.0. The highest BCUT2D eigenvalue weighted by Gasteiger charge is 2.29. The van der Waals surface area contributed by atoms with Gasteiger partial charge < -0.3 is 10.1 Å². The Balaban J connectivity index is 1.90. The van der Waals surface area contributed by atoms with Crippen LogP contribution in [0.15, 0.2) is 42.5 Å². The van der Waals surface area contributed by atoms with Crippen molar-refractivity contribution in [1.29, 1.82) is 5.26 Å². The van der Waals surface area contributed by atoms with E-state index in [1.807, 2.05) is 30.3 Å². The van der Waals surface area contributed by atoms with E-state index in [0.29, 0.717) is 36.4 Å². The molecule has 1 unspecified atom stereocenters. The quantitative estimate of drug-likeness (QED) is 0.774. The lowest BCUT2D eigenvalue weighted by Gasteiger charge is -2.17. The van der Waals surface area contributed by atoms with Crippen LogP contribution in [0.3, 0.4) is 0 Å². The Kier molecular flexibility index (Phi) is 4.48. The maximum absolute atomic E-state index is 11.4. The molecule has 0 radical (unpaired) electrons. The minimum atomic E-state index is -4.09. The molecule has 2 heterocycles. The van der Waals surface area contributed by atoms with Crippen LogP contribution < -0.4 is 10.1 Å². The molecule has 2 aliphatic rings. The average molecular weight is 382 g/mol. The van der Waals surface area contributed by atoms with Crippen LogP contribution in [0.5, 0.6) is 11.5 Å². The molecule has 0 saturated carbocycles. The number of hydrogen-bond acceptors (Lipinski definition) is 5. The van der Waals surface area contributed by atoms with E-state index in [1.54, 1.807) is 12.1 Å². The molecule has 0 aliphatic carbocycles. The molecule has 0 fully saturated rings. The van der Waals surface area contributed by atoms with Crippen LogP contribution in [0, 0.1) is 11.3 Å². The third kappa shape index (κ3) is 3.60. The van der Waals surface area contributed by atoms with Crippen molar-refractivity contribution in [3.63, 3.8) is 0 Å². The second kappa shape index (κ2) is 6.82. The standard InChI is InChI=1S/C20H18N2O4S/c21-11-13-5-6-20-18(9-13)15-7-8-22-14(12-27(23,24)25)10-17(15)16-3-1-2-4-19(16)26-20/h1-6,9,14,22H,7-8,10,12H2,(H,23,24,25). The summed E-state index contributed by atoms with van der Waals surface area (Å²) in [6, 6.07) is 14.7. The highest BCUT2D eigenvalue weighted by atomic mass is 32.2. The van der Waals surface area contributed by atoms with E-state index in [-0.39, 0.29) is 5.75 Å².